The van der Waals surface area contributed by atoms with Crippen LogP contribution in [0.2, 0.25) is 0 Å². The molecule has 0 aliphatic carbocycles. The number of para-hydroxylation sites is 1. The van der Waals surface area contributed by atoms with Crippen molar-refractivity contribution < 1.29 is 4.79 Å². The van der Waals surface area contributed by atoms with Gasteiger partial charge in [-0.3, -0.25) is 4.79 Å². The van der Waals surface area contributed by atoms with E-state index in [0.717, 1.165) is 29.2 Å². The Labute approximate surface area is 118 Å². The van der Waals surface area contributed by atoms with Crippen LogP contribution in [0.25, 0.3) is 0 Å². The smallest absolute Gasteiger partial charge is 0.224 e. The zero-order valence-electron chi connectivity index (χ0n) is 10.3. The van der Waals surface area contributed by atoms with Gasteiger partial charge in [0.2, 0.25) is 5.91 Å². The fraction of sp³-hybridized carbons (Fsp3) is 0.357. The van der Waals surface area contributed by atoms with Crippen molar-refractivity contribution in [1.82, 2.24) is 0 Å². The first-order valence-electron chi connectivity index (χ1n) is 5.96. The van der Waals surface area contributed by atoms with Crippen molar-refractivity contribution in [1.29, 1.82) is 0 Å². The number of rotatable bonds is 8. The molecule has 0 saturated carbocycles. The minimum Gasteiger partial charge on any atom is -0.325 e. The Morgan fingerprint density at radius 1 is 1.39 bits per heavy atom. The van der Waals surface area contributed by atoms with E-state index >= 15 is 0 Å². The van der Waals surface area contributed by atoms with Crippen molar-refractivity contribution in [3.8, 4) is 0 Å². The van der Waals surface area contributed by atoms with E-state index in [4.69, 9.17) is 11.6 Å². The van der Waals surface area contributed by atoms with Crippen LogP contribution in [0.1, 0.15) is 19.3 Å². The second-order valence-electron chi connectivity index (χ2n) is 3.79. The molecule has 0 spiro atoms. The maximum Gasteiger partial charge on any atom is 0.224 e. The molecule has 0 unspecified atom stereocenters. The van der Waals surface area contributed by atoms with Gasteiger partial charge in [-0.05, 0) is 25.0 Å². The van der Waals surface area contributed by atoms with Gasteiger partial charge in [-0.1, -0.05) is 18.2 Å². The highest BCUT2D eigenvalue weighted by atomic mass is 35.5. The average molecular weight is 284 g/mol. The van der Waals surface area contributed by atoms with Gasteiger partial charge in [0, 0.05) is 22.9 Å². The number of benzene rings is 1. The molecule has 1 N–H and O–H groups in total. The second kappa shape index (κ2) is 9.06. The molecule has 1 aromatic rings. The molecule has 18 heavy (non-hydrogen) atoms. The Bertz CT molecular complexity index is 395. The third-order valence-corrected chi connectivity index (χ3v) is 3.64. The van der Waals surface area contributed by atoms with E-state index in [2.05, 4.69) is 11.9 Å². The van der Waals surface area contributed by atoms with E-state index < -0.39 is 0 Å². The summed E-state index contributed by atoms with van der Waals surface area (Å²) in [5.74, 6) is 1.49. The normalized spacial score (nSPS) is 10.1. The third kappa shape index (κ3) is 5.61. The van der Waals surface area contributed by atoms with Gasteiger partial charge in [0.15, 0.2) is 0 Å². The number of thioether (sulfide) groups is 1. The molecule has 0 bridgehead atoms. The fourth-order valence-electron chi connectivity index (χ4n) is 1.44. The second-order valence-corrected chi connectivity index (χ2v) is 5.23. The van der Waals surface area contributed by atoms with Crippen LogP contribution in [-0.2, 0) is 4.79 Å². The number of hydrogen-bond donors (Lipinski definition) is 1. The Morgan fingerprint density at radius 3 is 2.89 bits per heavy atom. The molecule has 4 heteroatoms. The topological polar surface area (TPSA) is 29.1 Å². The third-order valence-electron chi connectivity index (χ3n) is 2.31. The van der Waals surface area contributed by atoms with E-state index in [1.807, 2.05) is 30.3 Å². The lowest BCUT2D eigenvalue weighted by Crippen LogP contribution is -2.11. The maximum absolute atomic E-state index is 11.7. The summed E-state index contributed by atoms with van der Waals surface area (Å²) in [4.78, 5) is 12.8. The highest BCUT2D eigenvalue weighted by Gasteiger charge is 2.06. The van der Waals surface area contributed by atoms with Gasteiger partial charge in [0.1, 0.15) is 0 Å². The summed E-state index contributed by atoms with van der Waals surface area (Å²) in [6, 6.07) is 7.81. The van der Waals surface area contributed by atoms with Crippen molar-refractivity contribution in [3.05, 3.63) is 36.9 Å². The van der Waals surface area contributed by atoms with Crippen LogP contribution in [0.15, 0.2) is 41.8 Å². The predicted molar refractivity (Wildman–Crippen MR) is 80.6 cm³/mol. The highest BCUT2D eigenvalue weighted by molar-refractivity contribution is 7.99. The van der Waals surface area contributed by atoms with Crippen molar-refractivity contribution in [2.75, 3.05) is 16.9 Å². The minimum absolute atomic E-state index is 0.0479. The molecule has 2 nitrogen and oxygen atoms in total. The van der Waals surface area contributed by atoms with Crippen molar-refractivity contribution in [2.24, 2.45) is 0 Å². The molecule has 0 aliphatic rings. The molecule has 0 atom stereocenters. The summed E-state index contributed by atoms with van der Waals surface area (Å²) in [6.07, 6.45) is 4.08. The summed E-state index contributed by atoms with van der Waals surface area (Å²) < 4.78 is 0. The zero-order chi connectivity index (χ0) is 13.2. The number of anilines is 1. The largest absolute Gasteiger partial charge is 0.325 e. The number of nitrogens with one attached hydrogen (secondary N) is 1. The Balaban J connectivity index is 2.54. The van der Waals surface area contributed by atoms with Crippen molar-refractivity contribution >= 4 is 35.0 Å². The molecule has 0 fully saturated rings. The van der Waals surface area contributed by atoms with Gasteiger partial charge in [-0.2, -0.15) is 0 Å². The predicted octanol–water partition coefficient (Wildman–Crippen LogP) is 4.31. The molecule has 98 valence electrons. The first-order valence-corrected chi connectivity index (χ1v) is 7.48. The quantitative estimate of drug-likeness (QED) is 0.333. The van der Waals surface area contributed by atoms with Crippen LogP contribution >= 0.6 is 23.4 Å². The van der Waals surface area contributed by atoms with E-state index in [0.29, 0.717) is 12.3 Å². The molecule has 0 aromatic heterocycles. The molecule has 0 heterocycles. The van der Waals surface area contributed by atoms with Crippen LogP contribution < -0.4 is 5.32 Å². The Hall–Kier alpha value is -0.930. The van der Waals surface area contributed by atoms with Gasteiger partial charge in [0.05, 0.1) is 5.69 Å². The van der Waals surface area contributed by atoms with Crippen molar-refractivity contribution in [2.45, 2.75) is 24.2 Å². The molecular formula is C14H18ClNOS. The van der Waals surface area contributed by atoms with Crippen LogP contribution in [-0.4, -0.2) is 17.5 Å². The number of hydrogen-bond acceptors (Lipinski definition) is 2. The number of alkyl halides is 1. The molecular weight excluding hydrogens is 266 g/mol. The summed E-state index contributed by atoms with van der Waals surface area (Å²) in [5, 5.41) is 2.94. The molecule has 0 aliphatic heterocycles. The summed E-state index contributed by atoms with van der Waals surface area (Å²) in [6.45, 7) is 3.70. The fourth-order valence-corrected chi connectivity index (χ4v) is 2.37. The highest BCUT2D eigenvalue weighted by Crippen LogP contribution is 2.27. The van der Waals surface area contributed by atoms with Crippen LogP contribution in [0.4, 0.5) is 5.69 Å². The van der Waals surface area contributed by atoms with E-state index in [1.165, 1.54) is 0 Å². The van der Waals surface area contributed by atoms with Gasteiger partial charge in [-0.15, -0.1) is 29.9 Å². The van der Waals surface area contributed by atoms with E-state index in [1.54, 1.807) is 11.8 Å². The molecule has 0 radical (unpaired) electrons. The van der Waals surface area contributed by atoms with Crippen LogP contribution in [0.3, 0.4) is 0 Å². The molecule has 0 saturated heterocycles. The lowest BCUT2D eigenvalue weighted by atomic mass is 10.2. The van der Waals surface area contributed by atoms with Gasteiger partial charge in [-0.25, -0.2) is 0 Å². The van der Waals surface area contributed by atoms with Gasteiger partial charge < -0.3 is 5.32 Å². The summed E-state index contributed by atoms with van der Waals surface area (Å²) >= 11 is 7.25. The standard InChI is InChI=1S/C14H18ClNOS/c1-2-11-18-13-8-4-3-7-12(13)16-14(17)9-5-6-10-15/h2-4,7-8H,1,5-6,9-11H2,(H,16,17). The lowest BCUT2D eigenvalue weighted by Gasteiger charge is -2.09. The summed E-state index contributed by atoms with van der Waals surface area (Å²) in [5.41, 5.74) is 0.875. The monoisotopic (exact) mass is 283 g/mol. The average Bonchev–Trinajstić information content (AvgIpc) is 2.38. The van der Waals surface area contributed by atoms with Crippen molar-refractivity contribution in [3.63, 3.8) is 0 Å². The number of halogens is 1. The molecule has 1 amide bonds. The number of carbonyl (C=O) groups is 1. The molecule has 1 aromatic carbocycles. The zero-order valence-corrected chi connectivity index (χ0v) is 11.9. The van der Waals surface area contributed by atoms with E-state index in [-0.39, 0.29) is 5.91 Å². The summed E-state index contributed by atoms with van der Waals surface area (Å²) in [7, 11) is 0. The maximum atomic E-state index is 11.7. The number of unbranched alkanes of at least 4 members (excludes halogenated alkanes) is 1. The van der Waals surface area contributed by atoms with E-state index in [9.17, 15) is 4.79 Å². The Morgan fingerprint density at radius 2 is 2.17 bits per heavy atom. The van der Waals surface area contributed by atoms with Gasteiger partial charge >= 0.3 is 0 Å². The van der Waals surface area contributed by atoms with Crippen LogP contribution in [0.5, 0.6) is 0 Å². The van der Waals surface area contributed by atoms with Crippen LogP contribution in [0, 0.1) is 0 Å². The first-order chi connectivity index (χ1) is 8.77. The molecule has 1 rings (SSSR count). The number of amides is 1. The lowest BCUT2D eigenvalue weighted by molar-refractivity contribution is -0.116. The first kappa shape index (κ1) is 15.1. The van der Waals surface area contributed by atoms with Gasteiger partial charge in [0.25, 0.3) is 0 Å². The SMILES string of the molecule is C=CCSc1ccccc1NC(=O)CCCCCl. The minimum atomic E-state index is 0.0479. The number of carbonyl (C=O) groups excluding carboxylic acids is 1. The Kier molecular flexibility index (Phi) is 7.62.